The van der Waals surface area contributed by atoms with Gasteiger partial charge >= 0.3 is 0 Å². The van der Waals surface area contributed by atoms with Crippen molar-refractivity contribution in [2.75, 3.05) is 33.3 Å². The van der Waals surface area contributed by atoms with Gasteiger partial charge in [0.15, 0.2) is 5.69 Å². The van der Waals surface area contributed by atoms with E-state index in [0.29, 0.717) is 62.6 Å². The quantitative estimate of drug-likeness (QED) is 0.631. The smallest absolute Gasteiger partial charge is 0.272 e. The molecule has 2 aromatic rings. The fourth-order valence-corrected chi connectivity index (χ4v) is 3.99. The Labute approximate surface area is 180 Å². The predicted molar refractivity (Wildman–Crippen MR) is 111 cm³/mol. The van der Waals surface area contributed by atoms with Crippen molar-refractivity contribution < 1.29 is 19.1 Å². The van der Waals surface area contributed by atoms with E-state index in [2.05, 4.69) is 20.5 Å². The summed E-state index contributed by atoms with van der Waals surface area (Å²) in [7, 11) is 1.54. The van der Waals surface area contributed by atoms with Crippen LogP contribution in [0, 0.1) is 0 Å². The van der Waals surface area contributed by atoms with Gasteiger partial charge in [0.05, 0.1) is 19.3 Å². The second kappa shape index (κ2) is 9.15. The summed E-state index contributed by atoms with van der Waals surface area (Å²) in [5.74, 6) is 0.336. The maximum Gasteiger partial charge on any atom is 0.272 e. The van der Waals surface area contributed by atoms with Crippen LogP contribution in [-0.2, 0) is 17.8 Å². The summed E-state index contributed by atoms with van der Waals surface area (Å²) in [5.41, 5.74) is 2.29. The zero-order valence-corrected chi connectivity index (χ0v) is 17.5. The number of pyridine rings is 1. The zero-order chi connectivity index (χ0) is 21.8. The molecule has 2 aromatic heterocycles. The number of carbonyl (C=O) groups is 3. The largest absolute Gasteiger partial charge is 0.497 e. The lowest BCUT2D eigenvalue weighted by Gasteiger charge is -2.26. The predicted octanol–water partition coefficient (Wildman–Crippen LogP) is 0.754. The van der Waals surface area contributed by atoms with Gasteiger partial charge < -0.3 is 19.9 Å². The van der Waals surface area contributed by atoms with Gasteiger partial charge in [-0.2, -0.15) is 5.10 Å². The number of amides is 3. The van der Waals surface area contributed by atoms with Crippen LogP contribution in [0.25, 0.3) is 0 Å². The molecule has 10 heteroatoms. The number of nitrogens with one attached hydrogen (secondary N) is 2. The highest BCUT2D eigenvalue weighted by molar-refractivity contribution is 5.95. The van der Waals surface area contributed by atoms with Crippen LogP contribution in [0.1, 0.15) is 51.5 Å². The molecule has 4 heterocycles. The molecule has 0 spiro atoms. The van der Waals surface area contributed by atoms with E-state index in [-0.39, 0.29) is 17.7 Å². The Balaban J connectivity index is 1.32. The molecule has 0 radical (unpaired) electrons. The highest BCUT2D eigenvalue weighted by Gasteiger charge is 2.28. The van der Waals surface area contributed by atoms with Crippen molar-refractivity contribution in [1.29, 1.82) is 0 Å². The summed E-state index contributed by atoms with van der Waals surface area (Å²) >= 11 is 0. The highest BCUT2D eigenvalue weighted by atomic mass is 16.5. The van der Waals surface area contributed by atoms with Crippen LogP contribution in [0.4, 0.5) is 0 Å². The maximum absolute atomic E-state index is 12.8. The van der Waals surface area contributed by atoms with Gasteiger partial charge in [-0.15, -0.1) is 0 Å². The molecule has 2 aliphatic heterocycles. The molecule has 0 atom stereocenters. The molecule has 1 saturated heterocycles. The number of fused-ring (bicyclic) bond motifs is 1. The van der Waals surface area contributed by atoms with Crippen molar-refractivity contribution in [3.63, 3.8) is 0 Å². The third-order valence-corrected chi connectivity index (χ3v) is 5.68. The second-order valence-corrected chi connectivity index (χ2v) is 7.68. The minimum atomic E-state index is -0.237. The Kier molecular flexibility index (Phi) is 6.15. The summed E-state index contributed by atoms with van der Waals surface area (Å²) in [6, 6.07) is 3.30. The molecule has 164 valence electrons. The number of nitrogens with zero attached hydrogens (tertiary/aromatic N) is 4. The van der Waals surface area contributed by atoms with Crippen LogP contribution in [-0.4, -0.2) is 76.0 Å². The number of aromatic nitrogens is 3. The molecule has 0 saturated carbocycles. The number of rotatable bonds is 7. The maximum atomic E-state index is 12.8. The second-order valence-electron chi connectivity index (χ2n) is 7.68. The lowest BCUT2D eigenvalue weighted by Crippen LogP contribution is -2.37. The Morgan fingerprint density at radius 2 is 2.16 bits per heavy atom. The van der Waals surface area contributed by atoms with Crippen molar-refractivity contribution in [3.8, 4) is 5.75 Å². The molecule has 4 rings (SSSR count). The molecule has 2 N–H and O–H groups in total. The van der Waals surface area contributed by atoms with E-state index in [4.69, 9.17) is 4.74 Å². The number of aromatic amines is 1. The van der Waals surface area contributed by atoms with Crippen LogP contribution in [0.2, 0.25) is 0 Å². The number of hydrogen-bond acceptors (Lipinski definition) is 6. The van der Waals surface area contributed by atoms with E-state index in [9.17, 15) is 14.4 Å². The fourth-order valence-electron chi connectivity index (χ4n) is 3.99. The minimum Gasteiger partial charge on any atom is -0.497 e. The lowest BCUT2D eigenvalue weighted by molar-refractivity contribution is -0.127. The summed E-state index contributed by atoms with van der Waals surface area (Å²) in [6.07, 6.45) is 4.32. The molecule has 1 fully saturated rings. The fraction of sp³-hybridized carbons (Fsp3) is 0.476. The van der Waals surface area contributed by atoms with E-state index in [0.717, 1.165) is 24.2 Å². The van der Waals surface area contributed by atoms with Gasteiger partial charge in [-0.3, -0.25) is 24.5 Å². The van der Waals surface area contributed by atoms with Gasteiger partial charge in [0.1, 0.15) is 11.4 Å². The first-order valence-electron chi connectivity index (χ1n) is 10.5. The van der Waals surface area contributed by atoms with Gasteiger partial charge in [-0.25, -0.2) is 0 Å². The SMILES string of the molecule is COc1ccnc(C(=O)N2CCc3c(C(=O)NCCCN4CCCC4=O)n[nH]c3C2)c1. The highest BCUT2D eigenvalue weighted by Crippen LogP contribution is 2.22. The summed E-state index contributed by atoms with van der Waals surface area (Å²) < 4.78 is 5.16. The van der Waals surface area contributed by atoms with E-state index in [1.54, 1.807) is 30.3 Å². The van der Waals surface area contributed by atoms with Gasteiger partial charge in [0.2, 0.25) is 5.91 Å². The molecule has 0 aliphatic carbocycles. The molecule has 0 aromatic carbocycles. The number of carbonyl (C=O) groups excluding carboxylic acids is 3. The molecule has 3 amide bonds. The van der Waals surface area contributed by atoms with E-state index >= 15 is 0 Å². The number of hydrogen-bond donors (Lipinski definition) is 2. The Morgan fingerprint density at radius 3 is 2.94 bits per heavy atom. The third-order valence-electron chi connectivity index (χ3n) is 5.68. The molecule has 2 aliphatic rings. The number of H-pyrrole nitrogens is 1. The monoisotopic (exact) mass is 426 g/mol. The van der Waals surface area contributed by atoms with Gasteiger partial charge in [0.25, 0.3) is 11.8 Å². The van der Waals surface area contributed by atoms with Crippen molar-refractivity contribution in [2.24, 2.45) is 0 Å². The lowest BCUT2D eigenvalue weighted by atomic mass is 10.0. The number of likely N-dealkylation sites (tertiary alicyclic amines) is 1. The first-order chi connectivity index (χ1) is 15.1. The molecular weight excluding hydrogens is 400 g/mol. The zero-order valence-electron chi connectivity index (χ0n) is 17.5. The Bertz CT molecular complexity index is 988. The van der Waals surface area contributed by atoms with Gasteiger partial charge in [-0.1, -0.05) is 0 Å². The topological polar surface area (TPSA) is 121 Å². The standard InChI is InChI=1S/C21H26N6O4/c1-31-14-5-8-22-16(12-14)21(30)27-11-6-15-17(13-27)24-25-19(15)20(29)23-7-3-10-26-9-2-4-18(26)28/h5,8,12H,2-4,6-7,9-11,13H2,1H3,(H,23,29)(H,24,25). The number of methoxy groups -OCH3 is 1. The van der Waals surface area contributed by atoms with E-state index in [1.165, 1.54) is 0 Å². The van der Waals surface area contributed by atoms with E-state index in [1.807, 2.05) is 4.90 Å². The van der Waals surface area contributed by atoms with Gasteiger partial charge in [-0.05, 0) is 25.3 Å². The van der Waals surface area contributed by atoms with Crippen LogP contribution >= 0.6 is 0 Å². The van der Waals surface area contributed by atoms with Crippen LogP contribution < -0.4 is 10.1 Å². The molecular formula is C21H26N6O4. The average molecular weight is 426 g/mol. The van der Waals surface area contributed by atoms with Crippen molar-refractivity contribution in [3.05, 3.63) is 41.0 Å². The van der Waals surface area contributed by atoms with E-state index < -0.39 is 0 Å². The van der Waals surface area contributed by atoms with Crippen LogP contribution in [0.3, 0.4) is 0 Å². The van der Waals surface area contributed by atoms with Crippen molar-refractivity contribution in [2.45, 2.75) is 32.2 Å². The van der Waals surface area contributed by atoms with Crippen molar-refractivity contribution in [1.82, 2.24) is 30.3 Å². The summed E-state index contributed by atoms with van der Waals surface area (Å²) in [4.78, 5) is 44.6. The van der Waals surface area contributed by atoms with Crippen LogP contribution in [0.15, 0.2) is 18.3 Å². The molecule has 0 bridgehead atoms. The molecule has 0 unspecified atom stereocenters. The first-order valence-corrected chi connectivity index (χ1v) is 10.5. The summed E-state index contributed by atoms with van der Waals surface area (Å²) in [5, 5.41) is 9.97. The third kappa shape index (κ3) is 4.52. The van der Waals surface area contributed by atoms with Gasteiger partial charge in [0, 0.05) is 50.4 Å². The molecule has 10 nitrogen and oxygen atoms in total. The average Bonchev–Trinajstić information content (AvgIpc) is 3.41. The first kappa shape index (κ1) is 20.8. The minimum absolute atomic E-state index is 0.191. The normalized spacial score (nSPS) is 15.7. The molecule has 31 heavy (non-hydrogen) atoms. The Morgan fingerprint density at radius 1 is 1.29 bits per heavy atom. The van der Waals surface area contributed by atoms with Crippen LogP contribution in [0.5, 0.6) is 5.75 Å². The van der Waals surface area contributed by atoms with Crippen molar-refractivity contribution >= 4 is 17.7 Å². The summed E-state index contributed by atoms with van der Waals surface area (Å²) in [6.45, 7) is 2.76. The number of ether oxygens (including phenoxy) is 1. The Hall–Kier alpha value is -3.43.